The molecule has 4 rings (SSSR count). The van der Waals surface area contributed by atoms with Crippen LogP contribution in [-0.4, -0.2) is 49.6 Å². The molecule has 0 radical (unpaired) electrons. The van der Waals surface area contributed by atoms with Gasteiger partial charge in [0.15, 0.2) is 6.61 Å². The quantitative estimate of drug-likeness (QED) is 0.398. The fraction of sp³-hybridized carbons (Fsp3) is 0.250. The molecule has 0 N–H and O–H groups in total. The first-order valence-corrected chi connectivity index (χ1v) is 10.4. The van der Waals surface area contributed by atoms with Gasteiger partial charge in [-0.2, -0.15) is 13.2 Å². The topological polar surface area (TPSA) is 63.0 Å². The first kappa shape index (κ1) is 23.3. The molecule has 0 saturated carbocycles. The van der Waals surface area contributed by atoms with Crippen molar-refractivity contribution in [2.24, 2.45) is 0 Å². The summed E-state index contributed by atoms with van der Waals surface area (Å²) in [6.45, 7) is 1.42. The maximum atomic E-state index is 13.1. The third-order valence-corrected chi connectivity index (χ3v) is 5.43. The van der Waals surface area contributed by atoms with Crippen LogP contribution in [0.4, 0.5) is 23.2 Å². The lowest BCUT2D eigenvalue weighted by Crippen LogP contribution is -2.49. The maximum Gasteiger partial charge on any atom is 0.416 e. The summed E-state index contributed by atoms with van der Waals surface area (Å²) in [5.74, 6) is -1.74. The van der Waals surface area contributed by atoms with Crippen LogP contribution >= 0.6 is 0 Å². The van der Waals surface area contributed by atoms with Crippen molar-refractivity contribution in [2.75, 3.05) is 37.7 Å². The Bertz CT molecular complexity index is 1170. The first-order valence-electron chi connectivity index (χ1n) is 10.4. The number of rotatable bonds is 5. The Balaban J connectivity index is 1.29. The molecule has 1 aliphatic heterocycles. The summed E-state index contributed by atoms with van der Waals surface area (Å²) in [6, 6.07) is 13.3. The number of piperazine rings is 1. The Labute approximate surface area is 192 Å². The largest absolute Gasteiger partial charge is 0.450 e. The monoisotopic (exact) mass is 476 g/mol. The Kier molecular flexibility index (Phi) is 6.58. The van der Waals surface area contributed by atoms with E-state index < -0.39 is 24.3 Å². The van der Waals surface area contributed by atoms with E-state index >= 15 is 0 Å². The van der Waals surface area contributed by atoms with E-state index in [4.69, 9.17) is 9.15 Å². The van der Waals surface area contributed by atoms with Crippen LogP contribution in [0, 0.1) is 5.82 Å². The number of furan rings is 1. The molecule has 2 heterocycles. The lowest BCUT2D eigenvalue weighted by atomic mass is 10.1. The summed E-state index contributed by atoms with van der Waals surface area (Å²) in [7, 11) is 0. The van der Waals surface area contributed by atoms with Crippen LogP contribution in [0.3, 0.4) is 0 Å². The van der Waals surface area contributed by atoms with Gasteiger partial charge in [0.05, 0.1) is 5.56 Å². The highest BCUT2D eigenvalue weighted by atomic mass is 19.4. The Morgan fingerprint density at radius 1 is 0.941 bits per heavy atom. The highest BCUT2D eigenvalue weighted by Gasteiger charge is 2.31. The Morgan fingerprint density at radius 3 is 2.32 bits per heavy atom. The summed E-state index contributed by atoms with van der Waals surface area (Å²) in [5.41, 5.74) is 0.175. The molecule has 34 heavy (non-hydrogen) atoms. The van der Waals surface area contributed by atoms with E-state index in [1.165, 1.54) is 36.4 Å². The second-order valence-electron chi connectivity index (χ2n) is 7.66. The number of carbonyl (C=O) groups excluding carboxylic acids is 2. The lowest BCUT2D eigenvalue weighted by molar-refractivity contribution is -0.137. The zero-order valence-corrected chi connectivity index (χ0v) is 17.8. The van der Waals surface area contributed by atoms with Crippen molar-refractivity contribution in [3.05, 3.63) is 77.8 Å². The second kappa shape index (κ2) is 9.58. The molecule has 6 nitrogen and oxygen atoms in total. The van der Waals surface area contributed by atoms with Crippen molar-refractivity contribution in [3.8, 4) is 11.3 Å². The minimum atomic E-state index is -4.50. The summed E-state index contributed by atoms with van der Waals surface area (Å²) in [5, 5.41) is 0. The van der Waals surface area contributed by atoms with Gasteiger partial charge in [0.2, 0.25) is 5.76 Å². The highest BCUT2D eigenvalue weighted by molar-refractivity contribution is 5.89. The molecule has 10 heteroatoms. The molecular formula is C24H20F4N2O4. The van der Waals surface area contributed by atoms with Gasteiger partial charge in [-0.15, -0.1) is 0 Å². The molecular weight excluding hydrogens is 456 g/mol. The number of alkyl halides is 3. The van der Waals surface area contributed by atoms with Gasteiger partial charge in [-0.3, -0.25) is 4.79 Å². The van der Waals surface area contributed by atoms with E-state index in [0.29, 0.717) is 26.2 Å². The number of esters is 1. The minimum absolute atomic E-state index is 0.0706. The molecule has 1 saturated heterocycles. The van der Waals surface area contributed by atoms with Crippen LogP contribution in [0.2, 0.25) is 0 Å². The Morgan fingerprint density at radius 2 is 1.65 bits per heavy atom. The van der Waals surface area contributed by atoms with Crippen molar-refractivity contribution < 1.29 is 36.3 Å². The summed E-state index contributed by atoms with van der Waals surface area (Å²) in [6.07, 6.45) is -4.50. The number of anilines is 1. The van der Waals surface area contributed by atoms with Crippen molar-refractivity contribution >= 4 is 17.6 Å². The van der Waals surface area contributed by atoms with Gasteiger partial charge in [0.1, 0.15) is 11.6 Å². The third kappa shape index (κ3) is 5.38. The van der Waals surface area contributed by atoms with Gasteiger partial charge in [-0.05, 0) is 48.5 Å². The fourth-order valence-corrected chi connectivity index (χ4v) is 3.61. The van der Waals surface area contributed by atoms with Crippen LogP contribution in [-0.2, 0) is 15.7 Å². The highest BCUT2D eigenvalue weighted by Crippen LogP contribution is 2.32. The SMILES string of the molecule is O=C(OCC(=O)N1CCN(c2ccc(F)cc2)CC1)c1ccc(-c2cccc(C(F)(F)F)c2)o1. The summed E-state index contributed by atoms with van der Waals surface area (Å²) < 4.78 is 62.2. The van der Waals surface area contributed by atoms with E-state index in [-0.39, 0.29) is 28.8 Å². The number of benzene rings is 2. The molecule has 178 valence electrons. The van der Waals surface area contributed by atoms with E-state index in [0.717, 1.165) is 17.8 Å². The lowest BCUT2D eigenvalue weighted by Gasteiger charge is -2.36. The van der Waals surface area contributed by atoms with Gasteiger partial charge >= 0.3 is 12.1 Å². The number of hydrogen-bond acceptors (Lipinski definition) is 5. The average Bonchev–Trinajstić information content (AvgIpc) is 3.33. The predicted molar refractivity (Wildman–Crippen MR) is 115 cm³/mol. The van der Waals surface area contributed by atoms with Crippen LogP contribution in [0.15, 0.2) is 65.1 Å². The number of hydrogen-bond donors (Lipinski definition) is 0. The zero-order valence-electron chi connectivity index (χ0n) is 17.8. The van der Waals surface area contributed by atoms with Gasteiger partial charge in [-0.25, -0.2) is 9.18 Å². The van der Waals surface area contributed by atoms with E-state index in [9.17, 15) is 27.2 Å². The van der Waals surface area contributed by atoms with Gasteiger partial charge in [0, 0.05) is 37.4 Å². The molecule has 0 aliphatic carbocycles. The molecule has 1 aromatic heterocycles. The van der Waals surface area contributed by atoms with Crippen molar-refractivity contribution in [2.45, 2.75) is 6.18 Å². The van der Waals surface area contributed by atoms with Crippen molar-refractivity contribution in [3.63, 3.8) is 0 Å². The average molecular weight is 476 g/mol. The second-order valence-corrected chi connectivity index (χ2v) is 7.66. The number of amides is 1. The van der Waals surface area contributed by atoms with Crippen molar-refractivity contribution in [1.82, 2.24) is 4.90 Å². The smallest absolute Gasteiger partial charge is 0.416 e. The van der Waals surface area contributed by atoms with Gasteiger partial charge < -0.3 is 19.0 Å². The third-order valence-electron chi connectivity index (χ3n) is 5.43. The molecule has 0 unspecified atom stereocenters. The summed E-state index contributed by atoms with van der Waals surface area (Å²) >= 11 is 0. The predicted octanol–water partition coefficient (Wildman–Crippen LogP) is 4.61. The molecule has 3 aromatic rings. The molecule has 1 fully saturated rings. The van der Waals surface area contributed by atoms with Crippen LogP contribution in [0.25, 0.3) is 11.3 Å². The van der Waals surface area contributed by atoms with E-state index in [1.54, 1.807) is 17.0 Å². The van der Waals surface area contributed by atoms with Gasteiger partial charge in [0.25, 0.3) is 5.91 Å². The number of halogens is 4. The van der Waals surface area contributed by atoms with E-state index in [1.807, 2.05) is 4.90 Å². The number of nitrogens with zero attached hydrogens (tertiary/aromatic N) is 2. The zero-order chi connectivity index (χ0) is 24.3. The van der Waals surface area contributed by atoms with Crippen LogP contribution in [0.1, 0.15) is 16.1 Å². The summed E-state index contributed by atoms with van der Waals surface area (Å²) in [4.78, 5) is 28.3. The Hall–Kier alpha value is -3.82. The fourth-order valence-electron chi connectivity index (χ4n) is 3.61. The number of ether oxygens (including phenoxy) is 1. The molecule has 0 spiro atoms. The minimum Gasteiger partial charge on any atom is -0.450 e. The molecule has 0 bridgehead atoms. The van der Waals surface area contributed by atoms with Crippen molar-refractivity contribution in [1.29, 1.82) is 0 Å². The van der Waals surface area contributed by atoms with Crippen LogP contribution in [0.5, 0.6) is 0 Å². The molecule has 1 amide bonds. The normalized spacial score (nSPS) is 14.2. The first-order chi connectivity index (χ1) is 16.2. The maximum absolute atomic E-state index is 13.1. The standard InChI is InChI=1S/C24H20F4N2O4/c25-18-4-6-19(7-5-18)29-10-12-30(13-11-29)22(31)15-33-23(32)21-9-8-20(34-21)16-2-1-3-17(14-16)24(26,27)28/h1-9,14H,10-13,15H2. The molecule has 1 aliphatic rings. The van der Waals surface area contributed by atoms with Gasteiger partial charge in [-0.1, -0.05) is 12.1 Å². The molecule has 0 atom stereocenters. The van der Waals surface area contributed by atoms with E-state index in [2.05, 4.69) is 0 Å². The number of carbonyl (C=O) groups is 2. The van der Waals surface area contributed by atoms with Crippen LogP contribution < -0.4 is 4.90 Å². The molecule has 2 aromatic carbocycles.